The summed E-state index contributed by atoms with van der Waals surface area (Å²) in [6.45, 7) is 11.6. The molecule has 9 nitrogen and oxygen atoms in total. The number of nitrogens with zero attached hydrogens (tertiary/aromatic N) is 2. The summed E-state index contributed by atoms with van der Waals surface area (Å²) in [5.41, 5.74) is 6.37. The van der Waals surface area contributed by atoms with E-state index >= 15 is 0 Å². The number of amides is 3. The van der Waals surface area contributed by atoms with Crippen molar-refractivity contribution in [1.82, 2.24) is 9.96 Å². The molecule has 9 heteroatoms. The number of aryl methyl sites for hydroxylation is 2. The Morgan fingerprint density at radius 2 is 1.69 bits per heavy atom. The van der Waals surface area contributed by atoms with Crippen LogP contribution in [-0.2, 0) is 19.2 Å². The molecule has 0 atom stereocenters. The summed E-state index contributed by atoms with van der Waals surface area (Å²) in [5, 5.41) is 5.77. The molecule has 234 valence electrons. The molecule has 0 bridgehead atoms. The first-order chi connectivity index (χ1) is 21.6. The second-order valence-electron chi connectivity index (χ2n) is 11.6. The van der Waals surface area contributed by atoms with Gasteiger partial charge in [0.05, 0.1) is 0 Å². The molecule has 1 fully saturated rings. The monoisotopic (exact) mass is 609 g/mol. The van der Waals surface area contributed by atoms with Gasteiger partial charge in [-0.25, -0.2) is 4.79 Å². The topological polar surface area (TPSA) is 105 Å². The zero-order valence-corrected chi connectivity index (χ0v) is 26.3. The van der Waals surface area contributed by atoms with E-state index in [2.05, 4.69) is 37.9 Å². The fraction of sp³-hybridized carbons (Fsp3) is 0.333. The summed E-state index contributed by atoms with van der Waals surface area (Å²) in [6.07, 6.45) is 2.07. The maximum atomic E-state index is 13.9. The molecule has 3 aromatic carbocycles. The highest BCUT2D eigenvalue weighted by Crippen LogP contribution is 2.40. The van der Waals surface area contributed by atoms with Crippen LogP contribution in [-0.4, -0.2) is 53.8 Å². The van der Waals surface area contributed by atoms with Gasteiger partial charge in [0.25, 0.3) is 17.7 Å². The second kappa shape index (κ2) is 13.4. The Morgan fingerprint density at radius 3 is 2.42 bits per heavy atom. The van der Waals surface area contributed by atoms with Gasteiger partial charge >= 0.3 is 5.97 Å². The summed E-state index contributed by atoms with van der Waals surface area (Å²) >= 11 is 0. The molecule has 45 heavy (non-hydrogen) atoms. The Balaban J connectivity index is 1.35. The van der Waals surface area contributed by atoms with Crippen LogP contribution in [0.5, 0.6) is 11.5 Å². The molecule has 1 N–H and O–H groups in total. The number of unbranched alkanes of at least 4 members (excludes halogenated alkanes) is 2. The third kappa shape index (κ3) is 6.62. The molecular weight excluding hydrogens is 570 g/mol. The number of ether oxygens (including phenoxy) is 1. The highest BCUT2D eigenvalue weighted by atomic mass is 16.7. The van der Waals surface area contributed by atoms with E-state index in [0.717, 1.165) is 56.2 Å². The van der Waals surface area contributed by atoms with Crippen molar-refractivity contribution >= 4 is 41.5 Å². The van der Waals surface area contributed by atoms with Gasteiger partial charge in [0.15, 0.2) is 0 Å². The number of nitrogens with one attached hydrogen (secondary N) is 1. The number of imide groups is 1. The van der Waals surface area contributed by atoms with Crippen LogP contribution in [0.2, 0.25) is 0 Å². The first-order valence-electron chi connectivity index (χ1n) is 15.4. The fourth-order valence-corrected chi connectivity index (χ4v) is 5.71. The van der Waals surface area contributed by atoms with Crippen LogP contribution in [0.3, 0.4) is 0 Å². The predicted molar refractivity (Wildman–Crippen MR) is 172 cm³/mol. The van der Waals surface area contributed by atoms with Gasteiger partial charge in [-0.3, -0.25) is 14.4 Å². The number of carbonyl (C=O) groups excluding carboxylic acids is 4. The van der Waals surface area contributed by atoms with Crippen molar-refractivity contribution in [2.75, 3.05) is 25.5 Å². The molecule has 0 saturated carbocycles. The van der Waals surface area contributed by atoms with E-state index < -0.39 is 17.8 Å². The average molecular weight is 610 g/mol. The fourth-order valence-electron chi connectivity index (χ4n) is 5.71. The quantitative estimate of drug-likeness (QED) is 0.194. The minimum atomic E-state index is -0.611. The van der Waals surface area contributed by atoms with Gasteiger partial charge in [-0.2, -0.15) is 0 Å². The second-order valence-corrected chi connectivity index (χ2v) is 11.6. The summed E-state index contributed by atoms with van der Waals surface area (Å²) in [4.78, 5) is 56.0. The lowest BCUT2D eigenvalue weighted by Crippen LogP contribution is -2.32. The summed E-state index contributed by atoms with van der Waals surface area (Å²) in [6, 6.07) is 15.8. The molecule has 5 rings (SSSR count). The third-order valence-corrected chi connectivity index (χ3v) is 8.24. The van der Waals surface area contributed by atoms with E-state index in [9.17, 15) is 19.2 Å². The Kier molecular flexibility index (Phi) is 9.37. The van der Waals surface area contributed by atoms with Crippen LogP contribution in [0.25, 0.3) is 12.2 Å². The maximum absolute atomic E-state index is 13.9. The van der Waals surface area contributed by atoms with Crippen molar-refractivity contribution in [3.05, 3.63) is 86.8 Å². The highest BCUT2D eigenvalue weighted by molar-refractivity contribution is 6.02. The Labute approximate surface area is 263 Å². The highest BCUT2D eigenvalue weighted by Gasteiger charge is 2.32. The number of carbonyl (C=O) groups is 4. The number of hydroxylamine groups is 2. The SMILES string of the molecule is C=c1cc2c(cc1C)=C(c1ccccc1C(=O)N(C)CCCCCC(=O)ON1C(=O)CCC1=O)c1cc(C)c(NCC)cc1O2. The standard InChI is InChI=1S/C36H39N3O6/c1-6-37-29-21-31-28(19-24(29)4)35(27-18-22(2)23(3)20-30(27)44-31)25-12-9-10-13-26(25)36(43)38(5)17-11-7-8-14-34(42)45-39-32(40)15-16-33(39)41/h9-10,12-13,18-21,37H,3,6-8,11,14-17H2,1-2,4-5H3. The van der Waals surface area contributed by atoms with E-state index in [-0.39, 0.29) is 25.2 Å². The lowest BCUT2D eigenvalue weighted by atomic mass is 9.88. The maximum Gasteiger partial charge on any atom is 0.333 e. The minimum Gasteiger partial charge on any atom is -0.456 e. The summed E-state index contributed by atoms with van der Waals surface area (Å²) < 4.78 is 6.43. The Morgan fingerprint density at radius 1 is 0.956 bits per heavy atom. The first kappa shape index (κ1) is 31.5. The predicted octanol–water partition coefficient (Wildman–Crippen LogP) is 4.74. The van der Waals surface area contributed by atoms with Gasteiger partial charge in [0.2, 0.25) is 0 Å². The number of benzene rings is 3. The molecule has 0 aliphatic carbocycles. The number of hydrogen-bond acceptors (Lipinski definition) is 7. The zero-order valence-electron chi connectivity index (χ0n) is 26.3. The molecule has 0 spiro atoms. The number of anilines is 1. The Hall–Kier alpha value is -4.92. The largest absolute Gasteiger partial charge is 0.456 e. The Bertz CT molecular complexity index is 1780. The first-order valence-corrected chi connectivity index (χ1v) is 15.4. The van der Waals surface area contributed by atoms with Crippen molar-refractivity contribution in [2.45, 2.75) is 59.3 Å². The summed E-state index contributed by atoms with van der Waals surface area (Å²) in [7, 11) is 1.78. The van der Waals surface area contributed by atoms with Gasteiger partial charge in [0, 0.05) is 73.1 Å². The molecule has 3 aromatic rings. The molecular formula is C36H39N3O6. The molecule has 3 amide bonds. The third-order valence-electron chi connectivity index (χ3n) is 8.24. The van der Waals surface area contributed by atoms with Gasteiger partial charge in [-0.15, -0.1) is 5.06 Å². The molecule has 0 aromatic heterocycles. The van der Waals surface area contributed by atoms with Crippen LogP contribution in [0.4, 0.5) is 5.69 Å². The van der Waals surface area contributed by atoms with Crippen molar-refractivity contribution in [2.24, 2.45) is 0 Å². The molecule has 2 aliphatic rings. The van der Waals surface area contributed by atoms with E-state index in [1.165, 1.54) is 0 Å². The van der Waals surface area contributed by atoms with Crippen molar-refractivity contribution in [3.63, 3.8) is 0 Å². The number of rotatable bonds is 11. The van der Waals surface area contributed by atoms with E-state index in [4.69, 9.17) is 9.57 Å². The van der Waals surface area contributed by atoms with E-state index in [0.29, 0.717) is 42.2 Å². The molecule has 1 saturated heterocycles. The zero-order chi connectivity index (χ0) is 32.2. The minimum absolute atomic E-state index is 0.0649. The van der Waals surface area contributed by atoms with Crippen LogP contribution in [0.15, 0.2) is 48.5 Å². The van der Waals surface area contributed by atoms with Gasteiger partial charge in [-0.1, -0.05) is 31.2 Å². The molecule has 2 aliphatic heterocycles. The van der Waals surface area contributed by atoms with E-state index in [1.54, 1.807) is 11.9 Å². The lowest BCUT2D eigenvalue weighted by molar-refractivity contribution is -0.197. The number of hydrogen-bond donors (Lipinski definition) is 1. The van der Waals surface area contributed by atoms with Crippen LogP contribution >= 0.6 is 0 Å². The van der Waals surface area contributed by atoms with Gasteiger partial charge in [-0.05, 0) is 79.8 Å². The smallest absolute Gasteiger partial charge is 0.333 e. The van der Waals surface area contributed by atoms with E-state index in [1.807, 2.05) is 43.3 Å². The van der Waals surface area contributed by atoms with Crippen molar-refractivity contribution < 1.29 is 28.8 Å². The molecule has 2 heterocycles. The van der Waals surface area contributed by atoms with Crippen molar-refractivity contribution in [3.8, 4) is 11.5 Å². The van der Waals surface area contributed by atoms with Crippen molar-refractivity contribution in [1.29, 1.82) is 0 Å². The molecule has 0 unspecified atom stereocenters. The number of fused-ring (bicyclic) bond motifs is 2. The normalized spacial score (nSPS) is 13.7. The van der Waals surface area contributed by atoms with Crippen LogP contribution < -0.4 is 20.5 Å². The van der Waals surface area contributed by atoms with Gasteiger partial charge < -0.3 is 19.8 Å². The van der Waals surface area contributed by atoms with Crippen LogP contribution in [0.1, 0.15) is 78.1 Å². The lowest BCUT2D eigenvalue weighted by Gasteiger charge is -2.25. The van der Waals surface area contributed by atoms with Crippen LogP contribution in [0, 0.1) is 13.8 Å². The van der Waals surface area contributed by atoms with Gasteiger partial charge in [0.1, 0.15) is 11.5 Å². The average Bonchev–Trinajstić information content (AvgIpc) is 3.33. The molecule has 0 radical (unpaired) electrons. The summed E-state index contributed by atoms with van der Waals surface area (Å²) in [5.74, 6) is -0.280.